The Morgan fingerprint density at radius 2 is 1.90 bits per heavy atom. The third-order valence-electron chi connectivity index (χ3n) is 3.46. The van der Waals surface area contributed by atoms with E-state index >= 15 is 0 Å². The molecular formula is C17H16ClN3. The molecule has 0 fully saturated rings. The molecule has 106 valence electrons. The molecule has 21 heavy (non-hydrogen) atoms. The molecule has 3 nitrogen and oxygen atoms in total. The summed E-state index contributed by atoms with van der Waals surface area (Å²) in [6, 6.07) is 17.7. The van der Waals surface area contributed by atoms with Gasteiger partial charge >= 0.3 is 0 Å². The molecule has 1 aromatic heterocycles. The quantitative estimate of drug-likeness (QED) is 0.740. The lowest BCUT2D eigenvalue weighted by molar-refractivity contribution is 0.893. The largest absolute Gasteiger partial charge is 0.397 e. The van der Waals surface area contributed by atoms with Crippen LogP contribution < -0.4 is 10.6 Å². The van der Waals surface area contributed by atoms with Gasteiger partial charge in [-0.1, -0.05) is 35.9 Å². The number of halogens is 1. The number of anilines is 2. The fourth-order valence-electron chi connectivity index (χ4n) is 2.37. The average Bonchev–Trinajstić information content (AvgIpc) is 2.49. The minimum Gasteiger partial charge on any atom is -0.397 e. The zero-order valence-electron chi connectivity index (χ0n) is 11.8. The lowest BCUT2D eigenvalue weighted by Crippen LogP contribution is -2.18. The molecule has 0 unspecified atom stereocenters. The van der Waals surface area contributed by atoms with Gasteiger partial charge in [0.05, 0.1) is 29.1 Å². The van der Waals surface area contributed by atoms with Crippen LogP contribution in [-0.2, 0) is 6.54 Å². The number of nitrogen functional groups attached to an aromatic ring is 1. The first-order chi connectivity index (χ1) is 10.1. The van der Waals surface area contributed by atoms with Crippen molar-refractivity contribution in [2.75, 3.05) is 17.7 Å². The molecule has 2 N–H and O–H groups in total. The number of pyridine rings is 1. The zero-order valence-corrected chi connectivity index (χ0v) is 12.5. The third kappa shape index (κ3) is 2.93. The molecule has 0 aliphatic carbocycles. The van der Waals surface area contributed by atoms with Crippen molar-refractivity contribution >= 4 is 33.9 Å². The number of nitrogens with two attached hydrogens (primary N) is 1. The van der Waals surface area contributed by atoms with Crippen molar-refractivity contribution < 1.29 is 0 Å². The van der Waals surface area contributed by atoms with Crippen molar-refractivity contribution in [3.05, 3.63) is 65.3 Å². The topological polar surface area (TPSA) is 42.2 Å². The van der Waals surface area contributed by atoms with Crippen LogP contribution in [0.15, 0.2) is 54.6 Å². The molecule has 0 saturated carbocycles. The van der Waals surface area contributed by atoms with Gasteiger partial charge in [0, 0.05) is 17.5 Å². The van der Waals surface area contributed by atoms with E-state index in [0.717, 1.165) is 22.3 Å². The van der Waals surface area contributed by atoms with Crippen molar-refractivity contribution in [1.29, 1.82) is 0 Å². The Labute approximate surface area is 129 Å². The van der Waals surface area contributed by atoms with Gasteiger partial charge in [-0.2, -0.15) is 0 Å². The van der Waals surface area contributed by atoms with E-state index in [0.29, 0.717) is 17.3 Å². The maximum atomic E-state index is 6.04. The van der Waals surface area contributed by atoms with Crippen molar-refractivity contribution in [3.8, 4) is 0 Å². The van der Waals surface area contributed by atoms with Gasteiger partial charge in [-0.3, -0.25) is 4.98 Å². The van der Waals surface area contributed by atoms with Crippen LogP contribution in [0.5, 0.6) is 0 Å². The van der Waals surface area contributed by atoms with Crippen LogP contribution >= 0.6 is 11.6 Å². The van der Waals surface area contributed by atoms with E-state index < -0.39 is 0 Å². The second-order valence-corrected chi connectivity index (χ2v) is 5.49. The maximum absolute atomic E-state index is 6.04. The fraction of sp³-hybridized carbons (Fsp3) is 0.118. The van der Waals surface area contributed by atoms with Gasteiger partial charge in [-0.05, 0) is 30.3 Å². The van der Waals surface area contributed by atoms with E-state index in [-0.39, 0.29) is 0 Å². The number of fused-ring (bicyclic) bond motifs is 1. The molecule has 0 aliphatic heterocycles. The summed E-state index contributed by atoms with van der Waals surface area (Å²) in [4.78, 5) is 6.73. The fourth-order valence-corrected chi connectivity index (χ4v) is 2.54. The number of hydrogen-bond donors (Lipinski definition) is 1. The molecule has 3 rings (SSSR count). The van der Waals surface area contributed by atoms with E-state index in [4.69, 9.17) is 17.3 Å². The van der Waals surface area contributed by atoms with E-state index in [1.807, 2.05) is 43.4 Å². The van der Waals surface area contributed by atoms with Crippen LogP contribution in [0, 0.1) is 0 Å². The average molecular weight is 298 g/mol. The highest BCUT2D eigenvalue weighted by molar-refractivity contribution is 6.31. The van der Waals surface area contributed by atoms with Crippen LogP contribution in [0.2, 0.25) is 5.02 Å². The van der Waals surface area contributed by atoms with E-state index in [9.17, 15) is 0 Å². The summed E-state index contributed by atoms with van der Waals surface area (Å²) >= 11 is 6.04. The minimum atomic E-state index is 0.676. The molecule has 4 heteroatoms. The van der Waals surface area contributed by atoms with E-state index in [1.54, 1.807) is 6.07 Å². The predicted octanol–water partition coefficient (Wildman–Crippen LogP) is 4.11. The van der Waals surface area contributed by atoms with Crippen LogP contribution in [0.4, 0.5) is 11.4 Å². The van der Waals surface area contributed by atoms with Gasteiger partial charge in [-0.15, -0.1) is 0 Å². The Kier molecular flexibility index (Phi) is 3.67. The normalized spacial score (nSPS) is 10.8. The van der Waals surface area contributed by atoms with E-state index in [1.165, 1.54) is 0 Å². The Bertz CT molecular complexity index is 786. The highest BCUT2D eigenvalue weighted by Crippen LogP contribution is 2.27. The highest BCUT2D eigenvalue weighted by Gasteiger charge is 2.08. The first kappa shape index (κ1) is 13.7. The molecule has 0 bridgehead atoms. The monoisotopic (exact) mass is 297 g/mol. The molecule has 0 radical (unpaired) electrons. The number of hydrogen-bond acceptors (Lipinski definition) is 3. The molecule has 2 aromatic carbocycles. The molecule has 0 aliphatic rings. The summed E-state index contributed by atoms with van der Waals surface area (Å²) in [5.41, 5.74) is 9.64. The predicted molar refractivity (Wildman–Crippen MR) is 89.7 cm³/mol. The van der Waals surface area contributed by atoms with Gasteiger partial charge in [0.1, 0.15) is 0 Å². The Hall–Kier alpha value is -2.26. The lowest BCUT2D eigenvalue weighted by Gasteiger charge is -2.21. The molecule has 0 saturated heterocycles. The molecule has 0 atom stereocenters. The molecule has 0 spiro atoms. The Morgan fingerprint density at radius 3 is 2.76 bits per heavy atom. The Balaban J connectivity index is 1.88. The van der Waals surface area contributed by atoms with Crippen molar-refractivity contribution in [2.45, 2.75) is 6.54 Å². The van der Waals surface area contributed by atoms with Gasteiger partial charge in [0.2, 0.25) is 0 Å². The van der Waals surface area contributed by atoms with Gasteiger partial charge in [-0.25, -0.2) is 0 Å². The number of benzene rings is 2. The molecular weight excluding hydrogens is 282 g/mol. The summed E-state index contributed by atoms with van der Waals surface area (Å²) in [5, 5.41) is 1.82. The second-order valence-electron chi connectivity index (χ2n) is 5.05. The van der Waals surface area contributed by atoms with Gasteiger partial charge < -0.3 is 10.6 Å². The smallest absolute Gasteiger partial charge is 0.0706 e. The maximum Gasteiger partial charge on any atom is 0.0706 e. The van der Waals surface area contributed by atoms with Crippen LogP contribution in [0.1, 0.15) is 5.69 Å². The number of para-hydroxylation sites is 1. The highest BCUT2D eigenvalue weighted by atomic mass is 35.5. The van der Waals surface area contributed by atoms with Crippen molar-refractivity contribution in [1.82, 2.24) is 4.98 Å². The molecule has 0 amide bonds. The SMILES string of the molecule is CN(Cc1ccc2ccccc2n1)c1cc(Cl)ccc1N. The second kappa shape index (κ2) is 5.62. The third-order valence-corrected chi connectivity index (χ3v) is 3.69. The van der Waals surface area contributed by atoms with Crippen LogP contribution in [0.3, 0.4) is 0 Å². The summed E-state index contributed by atoms with van der Waals surface area (Å²) in [6.45, 7) is 0.676. The van der Waals surface area contributed by atoms with Crippen LogP contribution in [-0.4, -0.2) is 12.0 Å². The lowest BCUT2D eigenvalue weighted by atomic mass is 10.2. The summed E-state index contributed by atoms with van der Waals surface area (Å²) in [7, 11) is 1.99. The number of rotatable bonds is 3. The zero-order chi connectivity index (χ0) is 14.8. The minimum absolute atomic E-state index is 0.676. The summed E-state index contributed by atoms with van der Waals surface area (Å²) in [6.07, 6.45) is 0. The number of nitrogens with zero attached hydrogens (tertiary/aromatic N) is 2. The number of aromatic nitrogens is 1. The molecule has 3 aromatic rings. The first-order valence-electron chi connectivity index (χ1n) is 6.74. The summed E-state index contributed by atoms with van der Waals surface area (Å²) in [5.74, 6) is 0. The van der Waals surface area contributed by atoms with Crippen LogP contribution in [0.25, 0.3) is 10.9 Å². The Morgan fingerprint density at radius 1 is 1.10 bits per heavy atom. The molecule has 1 heterocycles. The van der Waals surface area contributed by atoms with Crippen molar-refractivity contribution in [3.63, 3.8) is 0 Å². The van der Waals surface area contributed by atoms with Gasteiger partial charge in [0.25, 0.3) is 0 Å². The van der Waals surface area contributed by atoms with Crippen molar-refractivity contribution in [2.24, 2.45) is 0 Å². The van der Waals surface area contributed by atoms with E-state index in [2.05, 4.69) is 22.0 Å². The first-order valence-corrected chi connectivity index (χ1v) is 7.12. The standard InChI is InChI=1S/C17H16ClN3/c1-21(17-10-13(18)7-9-15(17)19)11-14-8-6-12-4-2-3-5-16(12)20-14/h2-10H,11,19H2,1H3. The summed E-state index contributed by atoms with van der Waals surface area (Å²) < 4.78 is 0. The van der Waals surface area contributed by atoms with Gasteiger partial charge in [0.15, 0.2) is 0 Å².